The molecule has 0 atom stereocenters. The molecule has 0 amide bonds. The predicted octanol–water partition coefficient (Wildman–Crippen LogP) is 1.28. The molecule has 0 radical (unpaired) electrons. The molecular formula is C4H5IO3. The van der Waals surface area contributed by atoms with E-state index in [1.807, 2.05) is 0 Å². The number of hydrogen-bond acceptors (Lipinski definition) is 1. The van der Waals surface area contributed by atoms with Crippen LogP contribution in [0.25, 0.3) is 0 Å². The zero-order valence-corrected chi connectivity index (χ0v) is 6.12. The number of halogens is 1. The number of carboxylic acid groups (broad SMARTS) is 2. The van der Waals surface area contributed by atoms with Crippen molar-refractivity contribution >= 4 is 28.7 Å². The Morgan fingerprint density at radius 2 is 1.88 bits per heavy atom. The first-order valence-corrected chi connectivity index (χ1v) is 3.09. The number of alkyl halides is 1. The molecule has 0 aliphatic carbocycles. The second-order valence-electron chi connectivity index (χ2n) is 0.620. The van der Waals surface area contributed by atoms with Crippen molar-refractivity contribution in [2.75, 3.05) is 4.43 Å². The Balaban J connectivity index is 0. The molecular weight excluding hydrogens is 223 g/mol. The lowest BCUT2D eigenvalue weighted by atomic mass is 10.9. The van der Waals surface area contributed by atoms with E-state index in [9.17, 15) is 0 Å². The summed E-state index contributed by atoms with van der Waals surface area (Å²) in [6, 6.07) is 0. The lowest BCUT2D eigenvalue weighted by Gasteiger charge is -1.60. The summed E-state index contributed by atoms with van der Waals surface area (Å²) >= 11 is 2.12. The van der Waals surface area contributed by atoms with Crippen molar-refractivity contribution in [3.63, 3.8) is 0 Å². The van der Waals surface area contributed by atoms with Gasteiger partial charge < -0.3 is 10.2 Å². The summed E-state index contributed by atoms with van der Waals surface area (Å²) in [6.45, 7) is 0. The van der Waals surface area contributed by atoms with E-state index in [-0.39, 0.29) is 0 Å². The third kappa shape index (κ3) is 369. The summed E-state index contributed by atoms with van der Waals surface area (Å²) in [7, 11) is 0. The lowest BCUT2D eigenvalue weighted by molar-refractivity contribution is 0.137. The maximum absolute atomic E-state index is 8.56. The zero-order valence-electron chi connectivity index (χ0n) is 3.97. The van der Waals surface area contributed by atoms with Crippen molar-refractivity contribution in [2.45, 2.75) is 0 Å². The molecule has 0 saturated carbocycles. The van der Waals surface area contributed by atoms with Crippen LogP contribution in [0.1, 0.15) is 0 Å². The van der Waals surface area contributed by atoms with Gasteiger partial charge in [-0.05, 0) is 0 Å². The highest BCUT2D eigenvalue weighted by atomic mass is 127. The second kappa shape index (κ2) is 9.75. The van der Waals surface area contributed by atoms with Crippen molar-refractivity contribution in [2.24, 2.45) is 0 Å². The molecule has 0 unspecified atom stereocenters. The Hall–Kier alpha value is -0.440. The third-order valence-electron chi connectivity index (χ3n) is 0.0772. The Labute approximate surface area is 60.9 Å². The van der Waals surface area contributed by atoms with Crippen LogP contribution >= 0.6 is 22.6 Å². The van der Waals surface area contributed by atoms with Crippen molar-refractivity contribution < 1.29 is 15.0 Å². The highest BCUT2D eigenvalue weighted by molar-refractivity contribution is 14.1. The normalized spacial score (nSPS) is 5.50. The predicted molar refractivity (Wildman–Crippen MR) is 38.4 cm³/mol. The fourth-order valence-corrected chi connectivity index (χ4v) is 0. The fraction of sp³-hybridized carbons (Fsp3) is 0.250. The molecule has 46 valence electrons. The van der Waals surface area contributed by atoms with E-state index in [1.165, 1.54) is 0 Å². The molecule has 0 rings (SSSR count). The molecule has 0 fully saturated rings. The summed E-state index contributed by atoms with van der Waals surface area (Å²) in [5, 5.41) is 13.9. The number of hydrogen-bond donors (Lipinski definition) is 2. The molecule has 0 aromatic rings. The Morgan fingerprint density at radius 3 is 1.88 bits per heavy atom. The Morgan fingerprint density at radius 1 is 1.75 bits per heavy atom. The van der Waals surface area contributed by atoms with E-state index in [0.29, 0.717) is 0 Å². The molecule has 4 heteroatoms. The van der Waals surface area contributed by atoms with Gasteiger partial charge in [0.1, 0.15) is 0 Å². The van der Waals surface area contributed by atoms with E-state index in [4.69, 9.17) is 21.4 Å². The summed E-state index contributed by atoms with van der Waals surface area (Å²) < 4.78 is 0.817. The van der Waals surface area contributed by atoms with Crippen molar-refractivity contribution in [1.29, 1.82) is 0 Å². The van der Waals surface area contributed by atoms with Gasteiger partial charge in [-0.2, -0.15) is 0 Å². The second-order valence-corrected chi connectivity index (χ2v) is 1.38. The van der Waals surface area contributed by atoms with Gasteiger partial charge in [0.15, 0.2) is 0 Å². The Bertz CT molecular complexity index is 89.9. The molecule has 8 heavy (non-hydrogen) atoms. The number of rotatable bonds is 0. The van der Waals surface area contributed by atoms with Gasteiger partial charge in [0, 0.05) is 0 Å². The smallest absolute Gasteiger partial charge is 0.450 e. The topological polar surface area (TPSA) is 57.5 Å². The van der Waals surface area contributed by atoms with Gasteiger partial charge in [0.25, 0.3) is 0 Å². The van der Waals surface area contributed by atoms with Crippen LogP contribution in [0.15, 0.2) is 0 Å². The summed E-state index contributed by atoms with van der Waals surface area (Å²) in [4.78, 5) is 8.56. The molecule has 0 aliphatic rings. The van der Waals surface area contributed by atoms with Gasteiger partial charge in [-0.25, -0.2) is 4.79 Å². The van der Waals surface area contributed by atoms with Gasteiger partial charge in [-0.3, -0.25) is 0 Å². The largest absolute Gasteiger partial charge is 0.503 e. The third-order valence-corrected chi connectivity index (χ3v) is 0.518. The minimum Gasteiger partial charge on any atom is -0.450 e. The van der Waals surface area contributed by atoms with Crippen LogP contribution in [0.2, 0.25) is 0 Å². The number of carbonyl (C=O) groups is 1. The van der Waals surface area contributed by atoms with E-state index in [2.05, 4.69) is 28.5 Å². The molecule has 0 saturated heterocycles. The average molecular weight is 228 g/mol. The van der Waals surface area contributed by atoms with Crippen LogP contribution in [0.3, 0.4) is 0 Å². The van der Waals surface area contributed by atoms with Crippen LogP contribution in [0, 0.1) is 12.3 Å². The first-order valence-electron chi connectivity index (χ1n) is 1.56. The highest BCUT2D eigenvalue weighted by Crippen LogP contribution is 1.70. The van der Waals surface area contributed by atoms with Crippen LogP contribution in [0.4, 0.5) is 4.79 Å². The standard InChI is InChI=1S/C3H3I.CH2O3/c1-2-3-4;2-1(3)4/h1H,3H2;(H2,2,3,4). The van der Waals surface area contributed by atoms with Crippen molar-refractivity contribution in [3.8, 4) is 12.3 Å². The van der Waals surface area contributed by atoms with Gasteiger partial charge >= 0.3 is 6.16 Å². The maximum atomic E-state index is 8.56. The minimum atomic E-state index is -1.83. The maximum Gasteiger partial charge on any atom is 0.503 e. The quantitative estimate of drug-likeness (QED) is 0.373. The minimum absolute atomic E-state index is 0.817. The first-order chi connectivity index (χ1) is 3.65. The first kappa shape index (κ1) is 10.5. The van der Waals surface area contributed by atoms with Crippen LogP contribution in [-0.2, 0) is 0 Å². The molecule has 3 nitrogen and oxygen atoms in total. The van der Waals surface area contributed by atoms with Crippen LogP contribution in [0.5, 0.6) is 0 Å². The molecule has 0 heterocycles. The molecule has 0 aliphatic heterocycles. The van der Waals surface area contributed by atoms with Gasteiger partial charge in [0.2, 0.25) is 0 Å². The van der Waals surface area contributed by atoms with E-state index >= 15 is 0 Å². The number of terminal acetylenes is 1. The lowest BCUT2D eigenvalue weighted by Crippen LogP contribution is -1.81. The molecule has 0 aromatic heterocycles. The fourth-order valence-electron chi connectivity index (χ4n) is 0. The summed E-state index contributed by atoms with van der Waals surface area (Å²) in [6.07, 6.45) is 2.94. The molecule has 0 aromatic carbocycles. The summed E-state index contributed by atoms with van der Waals surface area (Å²) in [5.41, 5.74) is 0. The van der Waals surface area contributed by atoms with Crippen LogP contribution < -0.4 is 0 Å². The molecule has 2 N–H and O–H groups in total. The van der Waals surface area contributed by atoms with Gasteiger partial charge in [-0.1, -0.05) is 28.5 Å². The zero-order chi connectivity index (χ0) is 6.99. The average Bonchev–Trinajstić information content (AvgIpc) is 1.65. The highest BCUT2D eigenvalue weighted by Gasteiger charge is 1.70. The van der Waals surface area contributed by atoms with Crippen molar-refractivity contribution in [3.05, 3.63) is 0 Å². The Kier molecular flexibility index (Phi) is 12.8. The van der Waals surface area contributed by atoms with Gasteiger partial charge in [0.05, 0.1) is 4.43 Å². The van der Waals surface area contributed by atoms with E-state index in [1.54, 1.807) is 0 Å². The molecule has 0 spiro atoms. The van der Waals surface area contributed by atoms with E-state index in [0.717, 1.165) is 4.43 Å². The monoisotopic (exact) mass is 228 g/mol. The van der Waals surface area contributed by atoms with E-state index < -0.39 is 6.16 Å². The SMILES string of the molecule is C#CCI.O=C(O)O. The van der Waals surface area contributed by atoms with Crippen LogP contribution in [-0.4, -0.2) is 20.8 Å². The molecule has 0 bridgehead atoms. The van der Waals surface area contributed by atoms with Crippen molar-refractivity contribution in [1.82, 2.24) is 0 Å². The van der Waals surface area contributed by atoms with Gasteiger partial charge in [-0.15, -0.1) is 6.42 Å². The summed E-state index contributed by atoms with van der Waals surface area (Å²) in [5.74, 6) is 2.42.